The zero-order valence-electron chi connectivity index (χ0n) is 18.1. The first-order valence-corrected chi connectivity index (χ1v) is 20.9. The first-order valence-electron chi connectivity index (χ1n) is 9.73. The van der Waals surface area contributed by atoms with E-state index in [1.165, 1.54) is 33.2 Å². The van der Waals surface area contributed by atoms with Gasteiger partial charge in [0.05, 0.1) is 0 Å². The van der Waals surface area contributed by atoms with Gasteiger partial charge >= 0.3 is 49.8 Å². The summed E-state index contributed by atoms with van der Waals surface area (Å²) in [6, 6.07) is 18.7. The van der Waals surface area contributed by atoms with Gasteiger partial charge in [-0.25, -0.2) is 0 Å². The van der Waals surface area contributed by atoms with Crippen LogP contribution in [-0.2, 0) is 29.1 Å². The van der Waals surface area contributed by atoms with Crippen molar-refractivity contribution in [1.82, 2.24) is 9.88 Å². The molecule has 0 bridgehead atoms. The second kappa shape index (κ2) is 15.5. The standard InChI is InChI=1S/C19H20N2PS.C5H5N.2HI.Pd/c1-14-10-15(2)19(16(3)11-14)21-9-8-20(13-21)12-17-4-6-18(22-23)7-5-17;1-2-4-6-5-3-1;;;/h4-11,13H,12H2,1-3H3;1-5H;2*1H;/q-1;;;;+2/p-2. The van der Waals surface area contributed by atoms with E-state index < -0.39 is 0 Å². The number of nitrogens with zero attached hydrogens (tertiary/aromatic N) is 3. The maximum absolute atomic E-state index is 5.05. The molecule has 1 aliphatic rings. The maximum atomic E-state index is 5.05. The Balaban J connectivity index is 0.000000339. The number of aromatic nitrogens is 1. The Morgan fingerprint density at radius 3 is 2.03 bits per heavy atom. The van der Waals surface area contributed by atoms with Gasteiger partial charge in [-0.05, 0) is 74.1 Å². The van der Waals surface area contributed by atoms with Crippen LogP contribution in [0, 0.1) is 27.4 Å². The molecule has 0 unspecified atom stereocenters. The van der Waals surface area contributed by atoms with E-state index in [0.29, 0.717) is 0 Å². The average Bonchev–Trinajstić information content (AvgIpc) is 3.23. The van der Waals surface area contributed by atoms with E-state index in [2.05, 4.69) is 130 Å². The first kappa shape index (κ1) is 27.8. The molecule has 0 fully saturated rings. The molecule has 0 atom stereocenters. The zero-order chi connectivity index (χ0) is 23.3. The van der Waals surface area contributed by atoms with E-state index in [1.54, 1.807) is 12.4 Å². The Hall–Kier alpha value is -0.428. The van der Waals surface area contributed by atoms with Crippen molar-refractivity contribution >= 4 is 69.2 Å². The fourth-order valence-electron chi connectivity index (χ4n) is 3.39. The van der Waals surface area contributed by atoms with Gasteiger partial charge in [0.15, 0.2) is 0 Å². The van der Waals surface area contributed by atoms with E-state index in [0.717, 1.165) is 24.7 Å². The van der Waals surface area contributed by atoms with Gasteiger partial charge in [-0.2, -0.15) is 6.67 Å². The van der Waals surface area contributed by atoms with Gasteiger partial charge in [0.25, 0.3) is 0 Å². The van der Waals surface area contributed by atoms with Crippen molar-refractivity contribution in [2.45, 2.75) is 27.3 Å². The number of halogens is 2. The van der Waals surface area contributed by atoms with Crippen LogP contribution in [0.5, 0.6) is 0 Å². The third-order valence-electron chi connectivity index (χ3n) is 4.56. The number of aryl methyl sites for hydroxylation is 3. The molecule has 0 saturated carbocycles. The van der Waals surface area contributed by atoms with E-state index in [4.69, 9.17) is 11.8 Å². The van der Waals surface area contributed by atoms with E-state index in [1.807, 2.05) is 18.2 Å². The maximum Gasteiger partial charge on any atom is 0.0267 e. The molecular weight excluding hydrogens is 754 g/mol. The van der Waals surface area contributed by atoms with Crippen LogP contribution >= 0.6 is 46.4 Å². The van der Waals surface area contributed by atoms with Gasteiger partial charge in [0, 0.05) is 37.3 Å². The minimum atomic E-state index is 0.867. The molecule has 2 heterocycles. The van der Waals surface area contributed by atoms with Crippen LogP contribution in [0.25, 0.3) is 0 Å². The Bertz CT molecular complexity index is 954. The predicted octanol–water partition coefficient (Wildman–Crippen LogP) is 7.41. The van der Waals surface area contributed by atoms with E-state index in [9.17, 15) is 0 Å². The second-order valence-electron chi connectivity index (χ2n) is 7.07. The summed E-state index contributed by atoms with van der Waals surface area (Å²) in [7, 11) is 1.79. The second-order valence-corrected chi connectivity index (χ2v) is 20.3. The SMILES string of the molecule is Cc1cc(C)c(N2C=CN(Cc3ccc(P=S)cc3)[CH-]2)c(C)c1.[I][Pd][I].c1ccncc1. The van der Waals surface area contributed by atoms with Crippen molar-refractivity contribution in [3.63, 3.8) is 0 Å². The molecule has 3 nitrogen and oxygen atoms in total. The summed E-state index contributed by atoms with van der Waals surface area (Å²) in [6.45, 7) is 9.51. The van der Waals surface area contributed by atoms with Gasteiger partial charge < -0.3 is 9.80 Å². The molecule has 0 aliphatic carbocycles. The molecule has 0 radical (unpaired) electrons. The smallest absolute Gasteiger partial charge is 0.0267 e. The number of anilines is 1. The van der Waals surface area contributed by atoms with E-state index >= 15 is 0 Å². The van der Waals surface area contributed by atoms with Crippen molar-refractivity contribution in [2.24, 2.45) is 0 Å². The van der Waals surface area contributed by atoms with Gasteiger partial charge in [-0.3, -0.25) is 4.98 Å². The van der Waals surface area contributed by atoms with Crippen molar-refractivity contribution in [2.75, 3.05) is 4.90 Å². The quantitative estimate of drug-likeness (QED) is 0.119. The molecule has 3 aromatic rings. The third-order valence-corrected chi connectivity index (χ3v) is 5.70. The summed E-state index contributed by atoms with van der Waals surface area (Å²) in [4.78, 5) is 8.20. The molecule has 4 rings (SSSR count). The van der Waals surface area contributed by atoms with Crippen LogP contribution < -0.4 is 10.2 Å². The van der Waals surface area contributed by atoms with Crippen molar-refractivity contribution in [3.8, 4) is 0 Å². The van der Waals surface area contributed by atoms with Gasteiger partial charge in [0.2, 0.25) is 0 Å². The number of hydrogen-bond donors (Lipinski definition) is 0. The molecule has 1 aromatic heterocycles. The number of hydrogen-bond acceptors (Lipinski definition) is 4. The van der Waals surface area contributed by atoms with Crippen LogP contribution in [0.1, 0.15) is 22.3 Å². The Labute approximate surface area is 228 Å². The largest absolute Gasteiger partial charge is 0.265 e. The summed E-state index contributed by atoms with van der Waals surface area (Å²) in [5.41, 5.74) is 6.48. The van der Waals surface area contributed by atoms with Crippen molar-refractivity contribution in [3.05, 3.63) is 108 Å². The summed E-state index contributed by atoms with van der Waals surface area (Å²) < 4.78 is 0. The molecule has 8 heteroatoms. The minimum Gasteiger partial charge on any atom is -0.265 e. The topological polar surface area (TPSA) is 19.4 Å². The van der Waals surface area contributed by atoms with Gasteiger partial charge in [0.1, 0.15) is 0 Å². The molecule has 0 N–H and O–H groups in total. The van der Waals surface area contributed by atoms with Crippen LogP contribution in [0.2, 0.25) is 0 Å². The van der Waals surface area contributed by atoms with Gasteiger partial charge in [-0.1, -0.05) is 47.7 Å². The molecule has 2 aromatic carbocycles. The van der Waals surface area contributed by atoms with Crippen LogP contribution in [0.4, 0.5) is 5.69 Å². The molecule has 1 aliphatic heterocycles. The monoisotopic (exact) mass is 778 g/mol. The van der Waals surface area contributed by atoms with Crippen molar-refractivity contribution in [1.29, 1.82) is 0 Å². The fourth-order valence-corrected chi connectivity index (χ4v) is 4.02. The minimum absolute atomic E-state index is 0.867. The average molecular weight is 779 g/mol. The molecule has 0 amide bonds. The molecule has 0 spiro atoms. The summed E-state index contributed by atoms with van der Waals surface area (Å²) >= 11 is 9.70. The van der Waals surface area contributed by atoms with Gasteiger partial charge in [-0.15, -0.1) is 0 Å². The number of benzene rings is 2. The Kier molecular flexibility index (Phi) is 13.4. The summed E-state index contributed by atoms with van der Waals surface area (Å²) in [5, 5.41) is 1.18. The Morgan fingerprint density at radius 2 is 1.56 bits per heavy atom. The van der Waals surface area contributed by atoms with Crippen LogP contribution in [-0.4, -0.2) is 9.88 Å². The fraction of sp³-hybridized carbons (Fsp3) is 0.167. The molecule has 0 saturated heterocycles. The van der Waals surface area contributed by atoms with Crippen LogP contribution in [0.15, 0.2) is 79.4 Å². The van der Waals surface area contributed by atoms with Crippen molar-refractivity contribution < 1.29 is 10.8 Å². The first-order chi connectivity index (χ1) is 15.5. The van der Waals surface area contributed by atoms with E-state index in [-0.39, 0.29) is 0 Å². The summed E-state index contributed by atoms with van der Waals surface area (Å²) in [5.74, 6) is 0. The Morgan fingerprint density at radius 1 is 0.969 bits per heavy atom. The number of rotatable bonds is 4. The zero-order valence-corrected chi connectivity index (χ0v) is 25.6. The third kappa shape index (κ3) is 9.44. The molecular formula is C24H25I2N3PPdS-. The number of pyridine rings is 1. The predicted molar refractivity (Wildman–Crippen MR) is 155 cm³/mol. The molecule has 32 heavy (non-hydrogen) atoms. The normalized spacial score (nSPS) is 12.3. The molecule has 172 valence electrons. The summed E-state index contributed by atoms with van der Waals surface area (Å²) in [6.07, 6.45) is 7.75. The van der Waals surface area contributed by atoms with Crippen LogP contribution in [0.3, 0.4) is 0 Å².